The second-order valence-electron chi connectivity index (χ2n) is 6.57. The third-order valence-corrected chi connectivity index (χ3v) is 6.09. The zero-order chi connectivity index (χ0) is 21.8. The largest absolute Gasteiger partial charge is 0.497 e. The van der Waals surface area contributed by atoms with Crippen molar-refractivity contribution >= 4 is 33.3 Å². The molecule has 0 saturated heterocycles. The summed E-state index contributed by atoms with van der Waals surface area (Å²) >= 11 is 0. The Kier molecular flexibility index (Phi) is 5.74. The molecule has 3 aromatic rings. The van der Waals surface area contributed by atoms with E-state index in [1.165, 1.54) is 18.3 Å². The molecule has 0 spiro atoms. The molecule has 4 rings (SSSR count). The first kappa shape index (κ1) is 20.6. The third-order valence-electron chi connectivity index (χ3n) is 4.65. The summed E-state index contributed by atoms with van der Waals surface area (Å²) in [6, 6.07) is 15.2. The van der Waals surface area contributed by atoms with E-state index in [1.807, 2.05) is 0 Å². The molecule has 1 aliphatic rings. The van der Waals surface area contributed by atoms with Crippen molar-refractivity contribution in [2.24, 2.45) is 4.99 Å². The number of aromatic nitrogens is 1. The summed E-state index contributed by atoms with van der Waals surface area (Å²) in [6.45, 7) is 0. The standard InChI is InChI=1S/C21H21N5O4S/c1-29-15-8-9-20(30-2)18(12-15)24-26-19-13-22-11-10-17(19)23-14-21(26)25-31(27,28)16-6-4-3-5-7-16/h3-14,21,24-25H,1-2H3. The van der Waals surface area contributed by atoms with E-state index >= 15 is 0 Å². The minimum absolute atomic E-state index is 0.152. The number of nitrogens with zero attached hydrogens (tertiary/aromatic N) is 3. The number of pyridine rings is 1. The highest BCUT2D eigenvalue weighted by atomic mass is 32.2. The summed E-state index contributed by atoms with van der Waals surface area (Å²) in [5.74, 6) is 1.17. The molecule has 10 heteroatoms. The van der Waals surface area contributed by atoms with Gasteiger partial charge < -0.3 is 9.47 Å². The molecule has 1 unspecified atom stereocenters. The number of sulfonamides is 1. The Balaban J connectivity index is 1.72. The predicted molar refractivity (Wildman–Crippen MR) is 119 cm³/mol. The molecule has 0 radical (unpaired) electrons. The molecule has 31 heavy (non-hydrogen) atoms. The Bertz CT molecular complexity index is 1200. The molecule has 2 N–H and O–H groups in total. The maximum absolute atomic E-state index is 12.9. The lowest BCUT2D eigenvalue weighted by Crippen LogP contribution is -2.53. The van der Waals surface area contributed by atoms with Gasteiger partial charge in [0.1, 0.15) is 23.4 Å². The van der Waals surface area contributed by atoms with E-state index in [4.69, 9.17) is 9.47 Å². The van der Waals surface area contributed by atoms with E-state index in [0.29, 0.717) is 28.6 Å². The van der Waals surface area contributed by atoms with E-state index in [0.717, 1.165) is 0 Å². The second kappa shape index (κ2) is 8.62. The number of rotatable bonds is 7. The molecule has 0 saturated carbocycles. The SMILES string of the molecule is COc1ccc(OC)c(NN2c3cnccc3N=CC2NS(=O)(=O)c2ccccc2)c1. The summed E-state index contributed by atoms with van der Waals surface area (Å²) in [7, 11) is -0.699. The molecule has 2 heterocycles. The number of hydrogen-bond acceptors (Lipinski definition) is 8. The zero-order valence-electron chi connectivity index (χ0n) is 16.9. The summed E-state index contributed by atoms with van der Waals surface area (Å²) in [5.41, 5.74) is 5.04. The average molecular weight is 439 g/mol. The van der Waals surface area contributed by atoms with Crippen LogP contribution in [0.15, 0.2) is 76.9 Å². The van der Waals surface area contributed by atoms with Crippen LogP contribution in [0.1, 0.15) is 0 Å². The number of methoxy groups -OCH3 is 2. The highest BCUT2D eigenvalue weighted by Crippen LogP contribution is 2.35. The van der Waals surface area contributed by atoms with Gasteiger partial charge in [-0.05, 0) is 30.3 Å². The molecule has 0 bridgehead atoms. The van der Waals surface area contributed by atoms with Crippen molar-refractivity contribution in [1.29, 1.82) is 0 Å². The van der Waals surface area contributed by atoms with Gasteiger partial charge in [-0.25, -0.2) is 8.42 Å². The molecule has 160 valence electrons. The number of aliphatic imine (C=N–C) groups is 1. The van der Waals surface area contributed by atoms with Crippen LogP contribution in [0.4, 0.5) is 17.1 Å². The molecule has 1 aliphatic heterocycles. The van der Waals surface area contributed by atoms with Gasteiger partial charge in [0.15, 0.2) is 0 Å². The quantitative estimate of drug-likeness (QED) is 0.583. The Labute approximate surface area is 180 Å². The molecular formula is C21H21N5O4S. The number of fused-ring (bicyclic) bond motifs is 1. The van der Waals surface area contributed by atoms with Crippen LogP contribution in [0.5, 0.6) is 11.5 Å². The van der Waals surface area contributed by atoms with Gasteiger partial charge in [0, 0.05) is 18.5 Å². The van der Waals surface area contributed by atoms with Crippen LogP contribution in [0.2, 0.25) is 0 Å². The van der Waals surface area contributed by atoms with Gasteiger partial charge >= 0.3 is 0 Å². The number of nitrogens with one attached hydrogen (secondary N) is 2. The lowest BCUT2D eigenvalue weighted by Gasteiger charge is -2.35. The van der Waals surface area contributed by atoms with Crippen LogP contribution in [0.3, 0.4) is 0 Å². The van der Waals surface area contributed by atoms with Gasteiger partial charge in [-0.1, -0.05) is 18.2 Å². The highest BCUT2D eigenvalue weighted by molar-refractivity contribution is 7.89. The van der Waals surface area contributed by atoms with Crippen molar-refractivity contribution in [2.45, 2.75) is 11.1 Å². The van der Waals surface area contributed by atoms with E-state index in [1.54, 1.807) is 74.1 Å². The number of hydrogen-bond donors (Lipinski definition) is 2. The van der Waals surface area contributed by atoms with Crippen LogP contribution in [-0.4, -0.2) is 40.0 Å². The van der Waals surface area contributed by atoms with E-state index < -0.39 is 16.2 Å². The van der Waals surface area contributed by atoms with Gasteiger partial charge in [0.25, 0.3) is 0 Å². The van der Waals surface area contributed by atoms with Gasteiger partial charge in [-0.2, -0.15) is 4.72 Å². The van der Waals surface area contributed by atoms with Crippen molar-refractivity contribution in [3.63, 3.8) is 0 Å². The van der Waals surface area contributed by atoms with Crippen LogP contribution in [0.25, 0.3) is 0 Å². The zero-order valence-corrected chi connectivity index (χ0v) is 17.7. The maximum Gasteiger partial charge on any atom is 0.242 e. The lowest BCUT2D eigenvalue weighted by atomic mass is 10.2. The fourth-order valence-corrected chi connectivity index (χ4v) is 4.25. The van der Waals surface area contributed by atoms with Crippen molar-refractivity contribution in [3.05, 3.63) is 67.0 Å². The third kappa shape index (κ3) is 4.30. The lowest BCUT2D eigenvalue weighted by molar-refractivity contribution is 0.404. The number of anilines is 2. The fourth-order valence-electron chi connectivity index (χ4n) is 3.11. The molecule has 1 aromatic heterocycles. The highest BCUT2D eigenvalue weighted by Gasteiger charge is 2.29. The minimum Gasteiger partial charge on any atom is -0.497 e. The molecule has 9 nitrogen and oxygen atoms in total. The summed E-state index contributed by atoms with van der Waals surface area (Å²) < 4.78 is 39.3. The molecule has 0 fully saturated rings. The average Bonchev–Trinajstić information content (AvgIpc) is 2.81. The van der Waals surface area contributed by atoms with Crippen LogP contribution >= 0.6 is 0 Å². The fraction of sp³-hybridized carbons (Fsp3) is 0.143. The van der Waals surface area contributed by atoms with Crippen LogP contribution in [0, 0.1) is 0 Å². The first-order chi connectivity index (χ1) is 15.0. The van der Waals surface area contributed by atoms with Crippen molar-refractivity contribution in [1.82, 2.24) is 9.71 Å². The van der Waals surface area contributed by atoms with E-state index in [-0.39, 0.29) is 4.90 Å². The molecule has 2 aromatic carbocycles. The minimum atomic E-state index is -3.82. The number of benzene rings is 2. The van der Waals surface area contributed by atoms with Crippen molar-refractivity contribution in [2.75, 3.05) is 24.7 Å². The summed E-state index contributed by atoms with van der Waals surface area (Å²) in [4.78, 5) is 8.71. The van der Waals surface area contributed by atoms with Gasteiger partial charge in [0.05, 0.1) is 36.7 Å². The first-order valence-corrected chi connectivity index (χ1v) is 10.8. The molecule has 0 amide bonds. The monoisotopic (exact) mass is 439 g/mol. The van der Waals surface area contributed by atoms with E-state index in [2.05, 4.69) is 20.1 Å². The predicted octanol–water partition coefficient (Wildman–Crippen LogP) is 2.95. The smallest absolute Gasteiger partial charge is 0.242 e. The summed E-state index contributed by atoms with van der Waals surface area (Å²) in [6.07, 6.45) is 3.91. The maximum atomic E-state index is 12.9. The number of hydrazine groups is 1. The normalized spacial score (nSPS) is 15.3. The summed E-state index contributed by atoms with van der Waals surface area (Å²) in [5, 5.41) is 1.63. The first-order valence-electron chi connectivity index (χ1n) is 9.35. The molecule has 0 aliphatic carbocycles. The molecule has 1 atom stereocenters. The van der Waals surface area contributed by atoms with Gasteiger partial charge in [0.2, 0.25) is 10.0 Å². The Morgan fingerprint density at radius 2 is 1.84 bits per heavy atom. The van der Waals surface area contributed by atoms with Crippen LogP contribution in [-0.2, 0) is 10.0 Å². The Morgan fingerprint density at radius 1 is 1.03 bits per heavy atom. The Hall–Kier alpha value is -3.63. The topological polar surface area (TPSA) is 105 Å². The van der Waals surface area contributed by atoms with Crippen molar-refractivity contribution < 1.29 is 17.9 Å². The van der Waals surface area contributed by atoms with Gasteiger partial charge in [-0.3, -0.25) is 20.4 Å². The second-order valence-corrected chi connectivity index (χ2v) is 8.28. The molecular weight excluding hydrogens is 418 g/mol. The van der Waals surface area contributed by atoms with Crippen molar-refractivity contribution in [3.8, 4) is 11.5 Å². The Morgan fingerprint density at radius 3 is 2.58 bits per heavy atom. The van der Waals surface area contributed by atoms with Crippen LogP contribution < -0.4 is 24.6 Å². The van der Waals surface area contributed by atoms with E-state index in [9.17, 15) is 8.42 Å². The van der Waals surface area contributed by atoms with Gasteiger partial charge in [-0.15, -0.1) is 0 Å². The number of ether oxygens (including phenoxy) is 2.